The third kappa shape index (κ3) is 3.19. The van der Waals surface area contributed by atoms with Crippen LogP contribution in [0.3, 0.4) is 0 Å². The number of nitrogens with one attached hydrogen (secondary N) is 1. The topological polar surface area (TPSA) is 60.2 Å². The number of aromatic nitrogens is 1. The summed E-state index contributed by atoms with van der Waals surface area (Å²) in [5, 5.41) is 3.19. The summed E-state index contributed by atoms with van der Waals surface area (Å²) < 4.78 is 7.03. The molecule has 1 aromatic carbocycles. The summed E-state index contributed by atoms with van der Waals surface area (Å²) in [7, 11) is 1.62. The number of pyridine rings is 1. The number of rotatable bonds is 3. The summed E-state index contributed by atoms with van der Waals surface area (Å²) in [6.45, 7) is 1.95. The maximum atomic E-state index is 5.94. The van der Waals surface area contributed by atoms with Gasteiger partial charge >= 0.3 is 0 Å². The molecule has 3 N–H and O–H groups in total. The molecule has 1 heterocycles. The average molecular weight is 387 g/mol. The lowest BCUT2D eigenvalue weighted by atomic mass is 10.2. The predicted octanol–water partition coefficient (Wildman–Crippen LogP) is 4.25. The molecular formula is C13H13Br2N3O. The number of aryl methyl sites for hydroxylation is 1. The number of hydrogen-bond donors (Lipinski definition) is 2. The van der Waals surface area contributed by atoms with Crippen molar-refractivity contribution >= 4 is 49.1 Å². The third-order valence-corrected chi connectivity index (χ3v) is 3.82. The van der Waals surface area contributed by atoms with Crippen molar-refractivity contribution in [3.05, 3.63) is 38.9 Å². The highest BCUT2D eigenvalue weighted by Crippen LogP contribution is 2.36. The van der Waals surface area contributed by atoms with Gasteiger partial charge in [0.05, 0.1) is 23.0 Å². The fourth-order valence-corrected chi connectivity index (χ4v) is 2.86. The molecule has 2 rings (SSSR count). The van der Waals surface area contributed by atoms with Crippen molar-refractivity contribution in [3.63, 3.8) is 0 Å². The van der Waals surface area contributed by atoms with Crippen LogP contribution in [-0.2, 0) is 0 Å². The van der Waals surface area contributed by atoms with Gasteiger partial charge in [0.2, 0.25) is 0 Å². The van der Waals surface area contributed by atoms with E-state index in [9.17, 15) is 0 Å². The van der Waals surface area contributed by atoms with Crippen LogP contribution in [0, 0.1) is 6.92 Å². The molecular weight excluding hydrogens is 374 g/mol. The first-order valence-electron chi connectivity index (χ1n) is 5.53. The van der Waals surface area contributed by atoms with E-state index in [-0.39, 0.29) is 0 Å². The maximum Gasteiger partial charge on any atom is 0.153 e. The van der Waals surface area contributed by atoms with Crippen LogP contribution in [0.5, 0.6) is 5.75 Å². The highest BCUT2D eigenvalue weighted by Gasteiger charge is 2.09. The minimum atomic E-state index is 0.605. The van der Waals surface area contributed by atoms with Crippen LogP contribution in [0.15, 0.2) is 33.3 Å². The second-order valence-corrected chi connectivity index (χ2v) is 5.75. The van der Waals surface area contributed by atoms with Crippen molar-refractivity contribution in [1.29, 1.82) is 0 Å². The Balaban J connectivity index is 2.37. The first kappa shape index (κ1) is 14.1. The summed E-state index contributed by atoms with van der Waals surface area (Å²) in [4.78, 5) is 4.28. The Kier molecular flexibility index (Phi) is 4.31. The van der Waals surface area contributed by atoms with E-state index < -0.39 is 0 Å². The number of halogens is 2. The molecule has 1 aromatic heterocycles. The molecule has 19 heavy (non-hydrogen) atoms. The number of ether oxygens (including phenoxy) is 1. The molecule has 0 bridgehead atoms. The molecule has 4 nitrogen and oxygen atoms in total. The van der Waals surface area contributed by atoms with Gasteiger partial charge in [-0.3, -0.25) is 0 Å². The monoisotopic (exact) mass is 385 g/mol. The SMILES string of the molecule is COc1cc(Nc2ncc(C)cc2N)c(Br)cc1Br. The first-order valence-corrected chi connectivity index (χ1v) is 7.12. The Labute approximate surface area is 128 Å². The number of anilines is 3. The van der Waals surface area contributed by atoms with Crippen LogP contribution in [-0.4, -0.2) is 12.1 Å². The number of benzene rings is 1. The zero-order chi connectivity index (χ0) is 14.0. The van der Waals surface area contributed by atoms with Crippen LogP contribution in [0.4, 0.5) is 17.2 Å². The van der Waals surface area contributed by atoms with E-state index >= 15 is 0 Å². The zero-order valence-electron chi connectivity index (χ0n) is 10.5. The molecule has 0 fully saturated rings. The normalized spacial score (nSPS) is 10.3. The van der Waals surface area contributed by atoms with Crippen LogP contribution in [0.2, 0.25) is 0 Å². The van der Waals surface area contributed by atoms with E-state index in [2.05, 4.69) is 42.2 Å². The van der Waals surface area contributed by atoms with Gasteiger partial charge in [-0.2, -0.15) is 0 Å². The summed E-state index contributed by atoms with van der Waals surface area (Å²) in [6.07, 6.45) is 1.77. The van der Waals surface area contributed by atoms with Crippen molar-refractivity contribution in [1.82, 2.24) is 4.98 Å². The Bertz CT molecular complexity index is 617. The smallest absolute Gasteiger partial charge is 0.153 e. The lowest BCUT2D eigenvalue weighted by Crippen LogP contribution is -2.00. The minimum Gasteiger partial charge on any atom is -0.495 e. The van der Waals surface area contributed by atoms with Gasteiger partial charge in [0.15, 0.2) is 5.82 Å². The van der Waals surface area contributed by atoms with Gasteiger partial charge in [0.1, 0.15) is 5.75 Å². The number of hydrogen-bond acceptors (Lipinski definition) is 4. The molecule has 0 aliphatic rings. The quantitative estimate of drug-likeness (QED) is 0.827. The molecule has 2 aromatic rings. The molecule has 6 heteroatoms. The summed E-state index contributed by atoms with van der Waals surface area (Å²) in [5.41, 5.74) is 8.40. The standard InChI is InChI=1S/C13H13Br2N3O/c1-7-3-10(16)13(17-6-7)18-11-5-12(19-2)9(15)4-8(11)14/h3-6H,16H2,1-2H3,(H,17,18). The summed E-state index contributed by atoms with van der Waals surface area (Å²) in [6, 6.07) is 5.65. The van der Waals surface area contributed by atoms with Crippen molar-refractivity contribution in [3.8, 4) is 5.75 Å². The lowest BCUT2D eigenvalue weighted by molar-refractivity contribution is 0.412. The van der Waals surface area contributed by atoms with E-state index in [1.807, 2.05) is 25.1 Å². The van der Waals surface area contributed by atoms with E-state index in [1.165, 1.54) is 0 Å². The van der Waals surface area contributed by atoms with Gasteiger partial charge in [0.25, 0.3) is 0 Å². The fraction of sp³-hybridized carbons (Fsp3) is 0.154. The summed E-state index contributed by atoms with van der Waals surface area (Å²) >= 11 is 6.92. The highest BCUT2D eigenvalue weighted by molar-refractivity contribution is 9.11. The van der Waals surface area contributed by atoms with Crippen molar-refractivity contribution in [2.45, 2.75) is 6.92 Å². The van der Waals surface area contributed by atoms with E-state index in [0.717, 1.165) is 25.9 Å². The Morgan fingerprint density at radius 1 is 1.21 bits per heavy atom. The molecule has 0 spiro atoms. The number of methoxy groups -OCH3 is 1. The minimum absolute atomic E-state index is 0.605. The second kappa shape index (κ2) is 5.79. The zero-order valence-corrected chi connectivity index (χ0v) is 13.7. The Hall–Kier alpha value is -1.27. The Morgan fingerprint density at radius 3 is 2.58 bits per heavy atom. The van der Waals surface area contributed by atoms with Crippen LogP contribution in [0.25, 0.3) is 0 Å². The molecule has 0 unspecified atom stereocenters. The van der Waals surface area contributed by atoms with Crippen LogP contribution < -0.4 is 15.8 Å². The number of nitrogens with two attached hydrogens (primary N) is 1. The molecule has 0 aliphatic heterocycles. The molecule has 0 radical (unpaired) electrons. The number of nitrogens with zero attached hydrogens (tertiary/aromatic N) is 1. The predicted molar refractivity (Wildman–Crippen MR) is 85.1 cm³/mol. The van der Waals surface area contributed by atoms with E-state index in [4.69, 9.17) is 10.5 Å². The van der Waals surface area contributed by atoms with Gasteiger partial charge in [-0.05, 0) is 56.5 Å². The summed E-state index contributed by atoms with van der Waals surface area (Å²) in [5.74, 6) is 1.35. The molecule has 0 amide bonds. The van der Waals surface area contributed by atoms with Crippen LogP contribution in [0.1, 0.15) is 5.56 Å². The van der Waals surface area contributed by atoms with Crippen molar-refractivity contribution < 1.29 is 4.74 Å². The molecule has 0 aliphatic carbocycles. The fourth-order valence-electron chi connectivity index (χ4n) is 1.61. The second-order valence-electron chi connectivity index (χ2n) is 4.04. The van der Waals surface area contributed by atoms with Crippen molar-refractivity contribution in [2.24, 2.45) is 0 Å². The maximum absolute atomic E-state index is 5.94. The highest BCUT2D eigenvalue weighted by atomic mass is 79.9. The molecule has 0 saturated heterocycles. The van der Waals surface area contributed by atoms with Gasteiger partial charge in [-0.15, -0.1) is 0 Å². The molecule has 0 atom stereocenters. The Morgan fingerprint density at radius 2 is 1.95 bits per heavy atom. The first-order chi connectivity index (χ1) is 9.01. The largest absolute Gasteiger partial charge is 0.495 e. The van der Waals surface area contributed by atoms with Gasteiger partial charge in [-0.25, -0.2) is 4.98 Å². The molecule has 0 saturated carbocycles. The van der Waals surface area contributed by atoms with E-state index in [0.29, 0.717) is 11.5 Å². The van der Waals surface area contributed by atoms with Crippen LogP contribution >= 0.6 is 31.9 Å². The van der Waals surface area contributed by atoms with Gasteiger partial charge in [-0.1, -0.05) is 0 Å². The van der Waals surface area contributed by atoms with E-state index in [1.54, 1.807) is 13.3 Å². The van der Waals surface area contributed by atoms with Crippen molar-refractivity contribution in [2.75, 3.05) is 18.2 Å². The van der Waals surface area contributed by atoms with Gasteiger partial charge < -0.3 is 15.8 Å². The lowest BCUT2D eigenvalue weighted by Gasteiger charge is -2.13. The number of nitrogen functional groups attached to an aromatic ring is 1. The van der Waals surface area contributed by atoms with Gasteiger partial charge in [0, 0.05) is 16.7 Å². The average Bonchev–Trinajstić information content (AvgIpc) is 2.35. The third-order valence-electron chi connectivity index (χ3n) is 2.55. The molecule has 100 valence electrons.